The van der Waals surface area contributed by atoms with Gasteiger partial charge in [-0.25, -0.2) is 0 Å². The summed E-state index contributed by atoms with van der Waals surface area (Å²) in [5.41, 5.74) is 3.17. The lowest BCUT2D eigenvalue weighted by atomic mass is 10.1. The Morgan fingerprint density at radius 3 is 2.68 bits per heavy atom. The van der Waals surface area contributed by atoms with Crippen LogP contribution < -0.4 is 5.32 Å². The minimum Gasteiger partial charge on any atom is -0.348 e. The normalized spacial score (nSPS) is 9.68. The lowest BCUT2D eigenvalue weighted by Gasteiger charge is -2.07. The second-order valence-electron chi connectivity index (χ2n) is 4.17. The Bertz CT molecular complexity index is 627. The van der Waals surface area contributed by atoms with Crippen molar-refractivity contribution < 1.29 is 4.79 Å². The van der Waals surface area contributed by atoms with Gasteiger partial charge in [0.05, 0.1) is 11.6 Å². The van der Waals surface area contributed by atoms with Crippen LogP contribution in [0.15, 0.2) is 42.7 Å². The Morgan fingerprint density at radius 1 is 1.32 bits per heavy atom. The summed E-state index contributed by atoms with van der Waals surface area (Å²) in [5, 5.41) is 11.5. The molecular weight excluding hydrogens is 238 g/mol. The van der Waals surface area contributed by atoms with Gasteiger partial charge in [0.2, 0.25) is 0 Å². The van der Waals surface area contributed by atoms with Crippen molar-refractivity contribution >= 4 is 5.91 Å². The van der Waals surface area contributed by atoms with E-state index in [0.29, 0.717) is 17.7 Å². The van der Waals surface area contributed by atoms with E-state index in [1.165, 1.54) is 0 Å². The molecule has 1 amide bonds. The molecule has 4 nitrogen and oxygen atoms in total. The Balaban J connectivity index is 2.02. The Hall–Kier alpha value is -2.67. The zero-order valence-electron chi connectivity index (χ0n) is 10.6. The fraction of sp³-hybridized carbons (Fsp3) is 0.133. The maximum atomic E-state index is 11.9. The molecule has 4 heteroatoms. The Labute approximate surface area is 111 Å². The van der Waals surface area contributed by atoms with Crippen molar-refractivity contribution in [3.8, 4) is 6.07 Å². The van der Waals surface area contributed by atoms with Gasteiger partial charge in [0.15, 0.2) is 0 Å². The first kappa shape index (κ1) is 12.8. The number of aromatic nitrogens is 1. The van der Waals surface area contributed by atoms with Gasteiger partial charge in [-0.1, -0.05) is 0 Å². The standard InChI is InChI=1S/C15H13N3O/c1-11-9-17-7-6-14(11)10-18-15(19)13-4-2-12(8-16)3-5-13/h2-7,9H,10H2,1H3,(H,18,19). The van der Waals surface area contributed by atoms with Crippen LogP contribution in [-0.2, 0) is 6.54 Å². The first-order chi connectivity index (χ1) is 9.20. The molecule has 2 rings (SSSR count). The van der Waals surface area contributed by atoms with E-state index >= 15 is 0 Å². The number of nitrogens with zero attached hydrogens (tertiary/aromatic N) is 2. The Morgan fingerprint density at radius 2 is 2.05 bits per heavy atom. The van der Waals surface area contributed by atoms with Gasteiger partial charge in [0, 0.05) is 24.5 Å². The molecule has 1 heterocycles. The number of pyridine rings is 1. The van der Waals surface area contributed by atoms with Crippen molar-refractivity contribution in [2.45, 2.75) is 13.5 Å². The molecular formula is C15H13N3O. The van der Waals surface area contributed by atoms with Gasteiger partial charge in [0.25, 0.3) is 5.91 Å². The van der Waals surface area contributed by atoms with Gasteiger partial charge in [-0.05, 0) is 48.4 Å². The largest absolute Gasteiger partial charge is 0.348 e. The van der Waals surface area contributed by atoms with E-state index in [2.05, 4.69) is 10.3 Å². The number of hydrogen-bond donors (Lipinski definition) is 1. The van der Waals surface area contributed by atoms with E-state index in [0.717, 1.165) is 11.1 Å². The number of nitriles is 1. The maximum Gasteiger partial charge on any atom is 0.251 e. The van der Waals surface area contributed by atoms with E-state index in [1.54, 1.807) is 36.7 Å². The van der Waals surface area contributed by atoms with Crippen molar-refractivity contribution in [3.05, 3.63) is 65.0 Å². The third-order valence-electron chi connectivity index (χ3n) is 2.85. The molecule has 0 spiro atoms. The quantitative estimate of drug-likeness (QED) is 0.909. The van der Waals surface area contributed by atoms with Crippen molar-refractivity contribution in [1.29, 1.82) is 5.26 Å². The zero-order chi connectivity index (χ0) is 13.7. The average molecular weight is 251 g/mol. The summed E-state index contributed by atoms with van der Waals surface area (Å²) in [4.78, 5) is 15.9. The monoisotopic (exact) mass is 251 g/mol. The smallest absolute Gasteiger partial charge is 0.251 e. The molecule has 0 aliphatic carbocycles. The SMILES string of the molecule is Cc1cnccc1CNC(=O)c1ccc(C#N)cc1. The molecule has 1 aromatic heterocycles. The van der Waals surface area contributed by atoms with Crippen LogP contribution in [0.1, 0.15) is 27.0 Å². The van der Waals surface area contributed by atoms with E-state index in [1.807, 2.05) is 19.1 Å². The van der Waals surface area contributed by atoms with Crippen LogP contribution in [0.2, 0.25) is 0 Å². The van der Waals surface area contributed by atoms with Gasteiger partial charge < -0.3 is 5.32 Å². The predicted octanol–water partition coefficient (Wildman–Crippen LogP) is 2.19. The predicted molar refractivity (Wildman–Crippen MR) is 71.3 cm³/mol. The number of hydrogen-bond acceptors (Lipinski definition) is 3. The van der Waals surface area contributed by atoms with Crippen molar-refractivity contribution in [1.82, 2.24) is 10.3 Å². The van der Waals surface area contributed by atoms with Crippen molar-refractivity contribution in [2.75, 3.05) is 0 Å². The van der Waals surface area contributed by atoms with Crippen LogP contribution in [0.5, 0.6) is 0 Å². The summed E-state index contributed by atoms with van der Waals surface area (Å²) in [6, 6.07) is 10.5. The zero-order valence-corrected chi connectivity index (χ0v) is 10.6. The maximum absolute atomic E-state index is 11.9. The van der Waals surface area contributed by atoms with Gasteiger partial charge >= 0.3 is 0 Å². The Kier molecular flexibility index (Phi) is 3.89. The summed E-state index contributed by atoms with van der Waals surface area (Å²) in [5.74, 6) is -0.152. The average Bonchev–Trinajstić information content (AvgIpc) is 2.46. The van der Waals surface area contributed by atoms with Crippen LogP contribution in [0.3, 0.4) is 0 Å². The molecule has 19 heavy (non-hydrogen) atoms. The van der Waals surface area contributed by atoms with E-state index in [9.17, 15) is 4.79 Å². The van der Waals surface area contributed by atoms with Gasteiger partial charge in [-0.15, -0.1) is 0 Å². The first-order valence-corrected chi connectivity index (χ1v) is 5.88. The highest BCUT2D eigenvalue weighted by molar-refractivity contribution is 5.94. The topological polar surface area (TPSA) is 65.8 Å². The van der Waals surface area contributed by atoms with Crippen LogP contribution in [0.4, 0.5) is 0 Å². The highest BCUT2D eigenvalue weighted by Crippen LogP contribution is 2.06. The van der Waals surface area contributed by atoms with Crippen molar-refractivity contribution in [2.24, 2.45) is 0 Å². The molecule has 0 unspecified atom stereocenters. The van der Waals surface area contributed by atoms with Gasteiger partial charge in [-0.3, -0.25) is 9.78 Å². The molecule has 0 radical (unpaired) electrons. The molecule has 0 atom stereocenters. The lowest BCUT2D eigenvalue weighted by Crippen LogP contribution is -2.23. The molecule has 0 bridgehead atoms. The number of carbonyl (C=O) groups excluding carboxylic acids is 1. The summed E-state index contributed by atoms with van der Waals surface area (Å²) in [6.07, 6.45) is 3.47. The lowest BCUT2D eigenvalue weighted by molar-refractivity contribution is 0.0951. The van der Waals surface area contributed by atoms with Crippen molar-refractivity contribution in [3.63, 3.8) is 0 Å². The molecule has 1 N–H and O–H groups in total. The highest BCUT2D eigenvalue weighted by atomic mass is 16.1. The van der Waals surface area contributed by atoms with E-state index in [4.69, 9.17) is 5.26 Å². The second-order valence-corrected chi connectivity index (χ2v) is 4.17. The minimum absolute atomic E-state index is 0.152. The van der Waals surface area contributed by atoms with Gasteiger partial charge in [-0.2, -0.15) is 5.26 Å². The number of carbonyl (C=O) groups is 1. The summed E-state index contributed by atoms with van der Waals surface area (Å²) in [6.45, 7) is 2.42. The molecule has 0 saturated carbocycles. The fourth-order valence-electron chi connectivity index (χ4n) is 1.67. The third-order valence-corrected chi connectivity index (χ3v) is 2.85. The number of amides is 1. The van der Waals surface area contributed by atoms with Crippen LogP contribution in [-0.4, -0.2) is 10.9 Å². The molecule has 2 aromatic rings. The first-order valence-electron chi connectivity index (χ1n) is 5.88. The van der Waals surface area contributed by atoms with Crippen LogP contribution in [0, 0.1) is 18.3 Å². The summed E-state index contributed by atoms with van der Waals surface area (Å²) < 4.78 is 0. The molecule has 0 aliphatic heterocycles. The molecule has 0 fully saturated rings. The number of aryl methyl sites for hydroxylation is 1. The molecule has 1 aromatic carbocycles. The van der Waals surface area contributed by atoms with Crippen LogP contribution in [0.25, 0.3) is 0 Å². The second kappa shape index (κ2) is 5.78. The highest BCUT2D eigenvalue weighted by Gasteiger charge is 2.06. The van der Waals surface area contributed by atoms with Gasteiger partial charge in [0.1, 0.15) is 0 Å². The summed E-state index contributed by atoms with van der Waals surface area (Å²) >= 11 is 0. The molecule has 0 aliphatic rings. The van der Waals surface area contributed by atoms with E-state index < -0.39 is 0 Å². The molecule has 0 saturated heterocycles. The minimum atomic E-state index is -0.152. The fourth-order valence-corrected chi connectivity index (χ4v) is 1.67. The number of nitrogens with one attached hydrogen (secondary N) is 1. The van der Waals surface area contributed by atoms with Crippen LogP contribution >= 0.6 is 0 Å². The number of rotatable bonds is 3. The van der Waals surface area contributed by atoms with E-state index in [-0.39, 0.29) is 5.91 Å². The molecule has 94 valence electrons. The third kappa shape index (κ3) is 3.17. The summed E-state index contributed by atoms with van der Waals surface area (Å²) in [7, 11) is 0. The number of benzene rings is 1.